The average Bonchev–Trinajstić information content (AvgIpc) is 2.74. The van der Waals surface area contributed by atoms with Crippen LogP contribution in [0.5, 0.6) is 0 Å². The Hall–Kier alpha value is -1.82. The first kappa shape index (κ1) is 23.3. The molecule has 0 spiro atoms. The number of pyridine rings is 1. The van der Waals surface area contributed by atoms with Crippen molar-refractivity contribution in [1.29, 1.82) is 0 Å². The number of hydrogen-bond acceptors (Lipinski definition) is 4. The number of anilines is 1. The van der Waals surface area contributed by atoms with E-state index in [0.29, 0.717) is 21.6 Å². The van der Waals surface area contributed by atoms with Crippen molar-refractivity contribution in [3.63, 3.8) is 0 Å². The largest absolute Gasteiger partial charge is 0.384 e. The van der Waals surface area contributed by atoms with Crippen molar-refractivity contribution in [3.05, 3.63) is 92.7 Å². The van der Waals surface area contributed by atoms with Gasteiger partial charge in [-0.2, -0.15) is 0 Å². The molecule has 1 aliphatic heterocycles. The zero-order valence-electron chi connectivity index (χ0n) is 18.1. The van der Waals surface area contributed by atoms with Gasteiger partial charge in [0.05, 0.1) is 22.4 Å². The molecule has 0 saturated carbocycles. The standard InChI is InChI=1S/C25H26Cl3N3O/c1-17-13-19(9-10-29-17)25(2,32)16-30-11-12-31(23-8-7-21(27)14-22(23)28)24(15-30)18-3-5-20(26)6-4-18/h3-10,13-14,24,32H,11-12,15-16H2,1-2H3/t24-,25-/m0/s1. The maximum atomic E-state index is 11.3. The summed E-state index contributed by atoms with van der Waals surface area (Å²) in [4.78, 5) is 8.86. The molecule has 1 fully saturated rings. The number of halogens is 3. The van der Waals surface area contributed by atoms with E-state index in [4.69, 9.17) is 34.8 Å². The highest BCUT2D eigenvalue weighted by Crippen LogP contribution is 2.37. The third-order valence-electron chi connectivity index (χ3n) is 5.99. The Kier molecular flexibility index (Phi) is 6.99. The highest BCUT2D eigenvalue weighted by molar-refractivity contribution is 6.36. The van der Waals surface area contributed by atoms with E-state index in [1.54, 1.807) is 12.3 Å². The van der Waals surface area contributed by atoms with E-state index in [1.165, 1.54) is 0 Å². The van der Waals surface area contributed by atoms with Crippen molar-refractivity contribution in [2.75, 3.05) is 31.1 Å². The van der Waals surface area contributed by atoms with Gasteiger partial charge in [0.2, 0.25) is 0 Å². The molecule has 7 heteroatoms. The molecule has 2 aromatic carbocycles. The second kappa shape index (κ2) is 9.58. The Bertz CT molecular complexity index is 1090. The third-order valence-corrected chi connectivity index (χ3v) is 6.78. The first-order valence-corrected chi connectivity index (χ1v) is 11.7. The fourth-order valence-electron chi connectivity index (χ4n) is 4.36. The van der Waals surface area contributed by atoms with Crippen LogP contribution in [-0.2, 0) is 5.60 Å². The van der Waals surface area contributed by atoms with E-state index < -0.39 is 5.60 Å². The van der Waals surface area contributed by atoms with Crippen LogP contribution in [0.3, 0.4) is 0 Å². The lowest BCUT2D eigenvalue weighted by Gasteiger charge is -2.45. The van der Waals surface area contributed by atoms with Gasteiger partial charge in [-0.15, -0.1) is 0 Å². The number of β-amino-alcohol motifs (C(OH)–C–C–N with tert-alkyl or cyclic N) is 1. The summed E-state index contributed by atoms with van der Waals surface area (Å²) in [6, 6.07) is 17.4. The van der Waals surface area contributed by atoms with E-state index in [-0.39, 0.29) is 6.04 Å². The fraction of sp³-hybridized carbons (Fsp3) is 0.320. The predicted octanol–water partition coefficient (Wildman–Crippen LogP) is 6.12. The second-order valence-electron chi connectivity index (χ2n) is 8.55. The van der Waals surface area contributed by atoms with Crippen LogP contribution in [0.4, 0.5) is 5.69 Å². The lowest BCUT2D eigenvalue weighted by Crippen LogP contribution is -2.52. The molecular formula is C25H26Cl3N3O. The number of aromatic nitrogens is 1. The monoisotopic (exact) mass is 489 g/mol. The molecule has 3 aromatic rings. The summed E-state index contributed by atoms with van der Waals surface area (Å²) in [6.45, 7) is 6.61. The summed E-state index contributed by atoms with van der Waals surface area (Å²) < 4.78 is 0. The number of rotatable bonds is 5. The van der Waals surface area contributed by atoms with Crippen LogP contribution >= 0.6 is 34.8 Å². The molecular weight excluding hydrogens is 465 g/mol. The van der Waals surface area contributed by atoms with Gasteiger partial charge in [0.25, 0.3) is 0 Å². The normalized spacial score (nSPS) is 19.1. The smallest absolute Gasteiger partial charge is 0.0996 e. The molecule has 2 atom stereocenters. The van der Waals surface area contributed by atoms with Gasteiger partial charge in [0.1, 0.15) is 0 Å². The van der Waals surface area contributed by atoms with Crippen LogP contribution in [0.15, 0.2) is 60.8 Å². The molecule has 2 heterocycles. The van der Waals surface area contributed by atoms with E-state index in [2.05, 4.69) is 26.9 Å². The minimum absolute atomic E-state index is 0.0506. The Labute approximate surface area is 204 Å². The van der Waals surface area contributed by atoms with E-state index in [9.17, 15) is 5.11 Å². The van der Waals surface area contributed by atoms with E-state index in [0.717, 1.165) is 42.1 Å². The molecule has 0 bridgehead atoms. The Balaban J connectivity index is 1.62. The number of aryl methyl sites for hydroxylation is 1. The zero-order valence-corrected chi connectivity index (χ0v) is 20.4. The van der Waals surface area contributed by atoms with Gasteiger partial charge in [0, 0.05) is 48.1 Å². The summed E-state index contributed by atoms with van der Waals surface area (Å²) in [5, 5.41) is 13.2. The number of piperazine rings is 1. The highest BCUT2D eigenvalue weighted by Gasteiger charge is 2.34. The molecule has 1 N–H and O–H groups in total. The summed E-state index contributed by atoms with van der Waals surface area (Å²) >= 11 is 18.9. The van der Waals surface area contributed by atoms with Gasteiger partial charge >= 0.3 is 0 Å². The summed E-state index contributed by atoms with van der Waals surface area (Å²) in [6.07, 6.45) is 1.75. The molecule has 4 nitrogen and oxygen atoms in total. The van der Waals surface area contributed by atoms with Crippen molar-refractivity contribution >= 4 is 40.5 Å². The second-order valence-corrected chi connectivity index (χ2v) is 9.83. The average molecular weight is 491 g/mol. The maximum absolute atomic E-state index is 11.3. The molecule has 0 amide bonds. The van der Waals surface area contributed by atoms with Crippen LogP contribution in [0.1, 0.15) is 29.8 Å². The Morgan fingerprint density at radius 1 is 1.00 bits per heavy atom. The molecule has 1 saturated heterocycles. The molecule has 0 unspecified atom stereocenters. The Morgan fingerprint density at radius 3 is 2.41 bits per heavy atom. The Morgan fingerprint density at radius 2 is 1.72 bits per heavy atom. The van der Waals surface area contributed by atoms with Crippen molar-refractivity contribution in [2.24, 2.45) is 0 Å². The lowest BCUT2D eigenvalue weighted by molar-refractivity contribution is 0.0102. The molecule has 0 aliphatic carbocycles. The van der Waals surface area contributed by atoms with Crippen molar-refractivity contribution in [1.82, 2.24) is 9.88 Å². The number of aliphatic hydroxyl groups is 1. The topological polar surface area (TPSA) is 39.6 Å². The minimum Gasteiger partial charge on any atom is -0.384 e. The predicted molar refractivity (Wildman–Crippen MR) is 133 cm³/mol. The fourth-order valence-corrected chi connectivity index (χ4v) is 5.01. The molecule has 1 aromatic heterocycles. The van der Waals surface area contributed by atoms with Gasteiger partial charge < -0.3 is 10.0 Å². The van der Waals surface area contributed by atoms with Crippen LogP contribution in [0.25, 0.3) is 0 Å². The minimum atomic E-state index is -0.988. The van der Waals surface area contributed by atoms with Gasteiger partial charge in [0.15, 0.2) is 0 Å². The van der Waals surface area contributed by atoms with Crippen molar-refractivity contribution < 1.29 is 5.11 Å². The van der Waals surface area contributed by atoms with Gasteiger partial charge in [-0.05, 0) is 67.4 Å². The van der Waals surface area contributed by atoms with Crippen molar-refractivity contribution in [3.8, 4) is 0 Å². The van der Waals surface area contributed by atoms with Gasteiger partial charge in [-0.25, -0.2) is 0 Å². The molecule has 1 aliphatic rings. The summed E-state index contributed by atoms with van der Waals surface area (Å²) in [7, 11) is 0. The lowest BCUT2D eigenvalue weighted by atomic mass is 9.94. The van der Waals surface area contributed by atoms with E-state index in [1.807, 2.05) is 50.2 Å². The van der Waals surface area contributed by atoms with Crippen LogP contribution in [0.2, 0.25) is 15.1 Å². The number of benzene rings is 2. The van der Waals surface area contributed by atoms with Gasteiger partial charge in [-0.1, -0.05) is 46.9 Å². The van der Waals surface area contributed by atoms with E-state index >= 15 is 0 Å². The van der Waals surface area contributed by atoms with Crippen LogP contribution in [0, 0.1) is 6.92 Å². The number of nitrogens with zero attached hydrogens (tertiary/aromatic N) is 3. The van der Waals surface area contributed by atoms with Gasteiger partial charge in [-0.3, -0.25) is 9.88 Å². The summed E-state index contributed by atoms with van der Waals surface area (Å²) in [5.74, 6) is 0. The first-order chi connectivity index (χ1) is 15.2. The SMILES string of the molecule is Cc1cc([C@@](C)(O)CN2CCN(c3ccc(Cl)cc3Cl)[C@H](c3ccc(Cl)cc3)C2)ccn1. The number of hydrogen-bond donors (Lipinski definition) is 1. The first-order valence-electron chi connectivity index (χ1n) is 10.6. The molecule has 4 rings (SSSR count). The third kappa shape index (κ3) is 5.22. The maximum Gasteiger partial charge on any atom is 0.0996 e. The zero-order chi connectivity index (χ0) is 22.9. The van der Waals surface area contributed by atoms with Crippen molar-refractivity contribution in [2.45, 2.75) is 25.5 Å². The molecule has 0 radical (unpaired) electrons. The molecule has 32 heavy (non-hydrogen) atoms. The molecule has 168 valence electrons. The quantitative estimate of drug-likeness (QED) is 0.467. The summed E-state index contributed by atoms with van der Waals surface area (Å²) in [5.41, 5.74) is 2.87. The van der Waals surface area contributed by atoms with Crippen LogP contribution < -0.4 is 4.90 Å². The highest BCUT2D eigenvalue weighted by atomic mass is 35.5. The van der Waals surface area contributed by atoms with Crippen LogP contribution in [-0.4, -0.2) is 41.2 Å².